The van der Waals surface area contributed by atoms with Crippen molar-refractivity contribution in [2.45, 2.75) is 18.9 Å². The molecule has 3 heterocycles. The van der Waals surface area contributed by atoms with Gasteiger partial charge < -0.3 is 10.2 Å². The predicted molar refractivity (Wildman–Crippen MR) is 87.1 cm³/mol. The van der Waals surface area contributed by atoms with Crippen molar-refractivity contribution >= 4 is 23.2 Å². The van der Waals surface area contributed by atoms with Crippen molar-refractivity contribution in [1.82, 2.24) is 9.97 Å². The second kappa shape index (κ2) is 6.63. The number of nitrogens with one attached hydrogen (secondary N) is 1. The van der Waals surface area contributed by atoms with Gasteiger partial charge in [0, 0.05) is 31.5 Å². The monoisotopic (exact) mass is 313 g/mol. The summed E-state index contributed by atoms with van der Waals surface area (Å²) in [5.74, 6) is 1.79. The molecule has 22 heavy (non-hydrogen) atoms. The number of pyridine rings is 2. The minimum atomic E-state index is 0.406. The van der Waals surface area contributed by atoms with Crippen LogP contribution in [0.5, 0.6) is 0 Å². The van der Waals surface area contributed by atoms with E-state index in [1.165, 1.54) is 0 Å². The Labute approximate surface area is 134 Å². The maximum Gasteiger partial charge on any atom is 0.128 e. The molecule has 2 aromatic rings. The summed E-state index contributed by atoms with van der Waals surface area (Å²) in [7, 11) is 0. The van der Waals surface area contributed by atoms with Gasteiger partial charge in [-0.2, -0.15) is 5.26 Å². The fourth-order valence-corrected chi connectivity index (χ4v) is 2.67. The third kappa shape index (κ3) is 3.46. The average Bonchev–Trinajstić information content (AvgIpc) is 2.58. The van der Waals surface area contributed by atoms with Gasteiger partial charge in [-0.1, -0.05) is 11.6 Å². The SMILES string of the molecule is N#Cc1ccc(N2CCC(Nc3ccc(Cl)cn3)CC2)nc1. The van der Waals surface area contributed by atoms with Gasteiger partial charge in [-0.25, -0.2) is 9.97 Å². The summed E-state index contributed by atoms with van der Waals surface area (Å²) in [5.41, 5.74) is 0.592. The molecule has 0 aromatic carbocycles. The number of rotatable bonds is 3. The summed E-state index contributed by atoms with van der Waals surface area (Å²) in [4.78, 5) is 10.9. The van der Waals surface area contributed by atoms with Crippen molar-refractivity contribution < 1.29 is 0 Å². The highest BCUT2D eigenvalue weighted by atomic mass is 35.5. The molecule has 0 unspecified atom stereocenters. The number of nitriles is 1. The Balaban J connectivity index is 1.55. The molecule has 0 amide bonds. The van der Waals surface area contributed by atoms with E-state index >= 15 is 0 Å². The topological polar surface area (TPSA) is 64.8 Å². The summed E-state index contributed by atoms with van der Waals surface area (Å²) in [6, 6.07) is 9.95. The summed E-state index contributed by atoms with van der Waals surface area (Å²) < 4.78 is 0. The van der Waals surface area contributed by atoms with E-state index in [9.17, 15) is 0 Å². The summed E-state index contributed by atoms with van der Waals surface area (Å²) in [6.07, 6.45) is 5.31. The Hall–Kier alpha value is -2.32. The highest BCUT2D eigenvalue weighted by molar-refractivity contribution is 6.30. The van der Waals surface area contributed by atoms with E-state index < -0.39 is 0 Å². The Bertz CT molecular complexity index is 654. The molecule has 5 nitrogen and oxygen atoms in total. The van der Waals surface area contributed by atoms with E-state index in [1.807, 2.05) is 24.3 Å². The van der Waals surface area contributed by atoms with Crippen LogP contribution in [-0.4, -0.2) is 29.1 Å². The first kappa shape index (κ1) is 14.6. The van der Waals surface area contributed by atoms with Crippen LogP contribution >= 0.6 is 11.6 Å². The van der Waals surface area contributed by atoms with Gasteiger partial charge in [0.2, 0.25) is 0 Å². The molecule has 3 rings (SSSR count). The van der Waals surface area contributed by atoms with Gasteiger partial charge in [0.15, 0.2) is 0 Å². The van der Waals surface area contributed by atoms with Crippen LogP contribution in [0.1, 0.15) is 18.4 Å². The van der Waals surface area contributed by atoms with Gasteiger partial charge in [0.1, 0.15) is 17.7 Å². The van der Waals surface area contributed by atoms with Gasteiger partial charge >= 0.3 is 0 Å². The van der Waals surface area contributed by atoms with E-state index in [0.29, 0.717) is 16.6 Å². The fraction of sp³-hybridized carbons (Fsp3) is 0.312. The molecule has 112 valence electrons. The lowest BCUT2D eigenvalue weighted by atomic mass is 10.0. The number of hydrogen-bond acceptors (Lipinski definition) is 5. The molecule has 0 spiro atoms. The molecule has 1 saturated heterocycles. The average molecular weight is 314 g/mol. The van der Waals surface area contributed by atoms with E-state index in [4.69, 9.17) is 16.9 Å². The molecule has 6 heteroatoms. The maximum atomic E-state index is 8.80. The van der Waals surface area contributed by atoms with E-state index in [2.05, 4.69) is 26.3 Å². The zero-order valence-corrected chi connectivity index (χ0v) is 12.8. The van der Waals surface area contributed by atoms with Crippen LogP contribution < -0.4 is 10.2 Å². The molecule has 2 aromatic heterocycles. The van der Waals surface area contributed by atoms with Crippen LogP contribution in [0.15, 0.2) is 36.7 Å². The van der Waals surface area contributed by atoms with Crippen LogP contribution in [0.3, 0.4) is 0 Å². The normalized spacial score (nSPS) is 15.4. The van der Waals surface area contributed by atoms with Crippen molar-refractivity contribution in [2.75, 3.05) is 23.3 Å². The van der Waals surface area contributed by atoms with E-state index in [1.54, 1.807) is 12.4 Å². The number of nitrogens with zero attached hydrogens (tertiary/aromatic N) is 4. The highest BCUT2D eigenvalue weighted by Gasteiger charge is 2.20. The first-order valence-electron chi connectivity index (χ1n) is 7.24. The zero-order chi connectivity index (χ0) is 15.4. The van der Waals surface area contributed by atoms with Crippen molar-refractivity contribution in [3.8, 4) is 6.07 Å². The minimum Gasteiger partial charge on any atom is -0.367 e. The minimum absolute atomic E-state index is 0.406. The number of hydrogen-bond donors (Lipinski definition) is 1. The van der Waals surface area contributed by atoms with Gasteiger partial charge in [0.05, 0.1) is 10.6 Å². The van der Waals surface area contributed by atoms with Crippen molar-refractivity contribution in [3.05, 3.63) is 47.2 Å². The van der Waals surface area contributed by atoms with Crippen molar-refractivity contribution in [3.63, 3.8) is 0 Å². The third-order valence-electron chi connectivity index (χ3n) is 3.78. The van der Waals surface area contributed by atoms with Crippen molar-refractivity contribution in [1.29, 1.82) is 5.26 Å². The lowest BCUT2D eigenvalue weighted by Gasteiger charge is -2.33. The van der Waals surface area contributed by atoms with Gasteiger partial charge in [-0.15, -0.1) is 0 Å². The Kier molecular flexibility index (Phi) is 4.40. The number of aromatic nitrogens is 2. The summed E-state index contributed by atoms with van der Waals surface area (Å²) in [6.45, 7) is 1.87. The van der Waals surface area contributed by atoms with Gasteiger partial charge in [-0.05, 0) is 37.1 Å². The molecule has 1 aliphatic rings. The molecule has 0 bridgehead atoms. The summed E-state index contributed by atoms with van der Waals surface area (Å²) in [5, 5.41) is 12.9. The van der Waals surface area contributed by atoms with Crippen molar-refractivity contribution in [2.24, 2.45) is 0 Å². The van der Waals surface area contributed by atoms with Gasteiger partial charge in [-0.3, -0.25) is 0 Å². The Morgan fingerprint density at radius 1 is 1.14 bits per heavy atom. The highest BCUT2D eigenvalue weighted by Crippen LogP contribution is 2.20. The predicted octanol–water partition coefficient (Wildman–Crippen LogP) is 3.08. The van der Waals surface area contributed by atoms with Gasteiger partial charge in [0.25, 0.3) is 0 Å². The quantitative estimate of drug-likeness (QED) is 0.943. The van der Waals surface area contributed by atoms with E-state index in [0.717, 1.165) is 37.6 Å². The number of piperidine rings is 1. The number of anilines is 2. The van der Waals surface area contributed by atoms with Crippen LogP contribution in [-0.2, 0) is 0 Å². The molecule has 1 N–H and O–H groups in total. The first-order valence-corrected chi connectivity index (χ1v) is 7.61. The molecular weight excluding hydrogens is 298 g/mol. The third-order valence-corrected chi connectivity index (χ3v) is 4.00. The molecule has 0 atom stereocenters. The smallest absolute Gasteiger partial charge is 0.128 e. The molecule has 1 aliphatic heterocycles. The second-order valence-electron chi connectivity index (χ2n) is 5.28. The standard InChI is InChI=1S/C16H16ClN5/c17-13-2-3-15(19-11-13)21-14-5-7-22(8-6-14)16-4-1-12(9-18)10-20-16/h1-4,10-11,14H,5-8H2,(H,19,21). The largest absolute Gasteiger partial charge is 0.367 e. The lowest BCUT2D eigenvalue weighted by Crippen LogP contribution is -2.39. The first-order chi connectivity index (χ1) is 10.7. The lowest BCUT2D eigenvalue weighted by molar-refractivity contribution is 0.522. The van der Waals surface area contributed by atoms with Crippen LogP contribution in [0, 0.1) is 11.3 Å². The molecule has 1 fully saturated rings. The van der Waals surface area contributed by atoms with Crippen LogP contribution in [0.4, 0.5) is 11.6 Å². The fourth-order valence-electron chi connectivity index (χ4n) is 2.56. The second-order valence-corrected chi connectivity index (χ2v) is 5.72. The molecule has 0 radical (unpaired) electrons. The maximum absolute atomic E-state index is 8.80. The molecular formula is C16H16ClN5. The molecule has 0 saturated carbocycles. The Morgan fingerprint density at radius 3 is 2.55 bits per heavy atom. The van der Waals surface area contributed by atoms with Crippen LogP contribution in [0.2, 0.25) is 5.02 Å². The van der Waals surface area contributed by atoms with E-state index in [-0.39, 0.29) is 0 Å². The molecule has 0 aliphatic carbocycles. The summed E-state index contributed by atoms with van der Waals surface area (Å²) >= 11 is 5.84. The number of halogens is 1. The Morgan fingerprint density at radius 2 is 1.95 bits per heavy atom. The van der Waals surface area contributed by atoms with Crippen LogP contribution in [0.25, 0.3) is 0 Å². The zero-order valence-electron chi connectivity index (χ0n) is 12.0.